The molecule has 0 atom stereocenters. The summed E-state index contributed by atoms with van der Waals surface area (Å²) in [6.45, 7) is 3.47. The summed E-state index contributed by atoms with van der Waals surface area (Å²) >= 11 is 0. The maximum Gasteiger partial charge on any atom is 0.252 e. The minimum atomic E-state index is -0.577. The molecule has 0 radical (unpaired) electrons. The fraction of sp³-hybridized carbons (Fsp3) is 0.364. The average Bonchev–Trinajstić information content (AvgIpc) is 2.80. The van der Waals surface area contributed by atoms with E-state index < -0.39 is 5.91 Å². The van der Waals surface area contributed by atoms with E-state index in [9.17, 15) is 9.59 Å². The normalized spacial score (nSPS) is 10.6. The number of primary amides is 1. The molecule has 2 aromatic rings. The van der Waals surface area contributed by atoms with Crippen molar-refractivity contribution in [2.75, 3.05) is 6.54 Å². The lowest BCUT2D eigenvalue weighted by molar-refractivity contribution is -0.124. The van der Waals surface area contributed by atoms with Crippen LogP contribution in [0.15, 0.2) is 6.33 Å². The minimum absolute atomic E-state index is 0.119. The molecule has 0 aliphatic carbocycles. The molecule has 0 unspecified atom stereocenters. The van der Waals surface area contributed by atoms with Crippen molar-refractivity contribution in [2.45, 2.75) is 20.3 Å². The summed E-state index contributed by atoms with van der Waals surface area (Å²) < 4.78 is 1.57. The SMILES string of the molecule is Cc1nc2ncnn2c(C)c1CC(=O)NCC(N)=O. The maximum absolute atomic E-state index is 11.7. The molecule has 2 rings (SSSR count). The molecule has 2 aromatic heterocycles. The van der Waals surface area contributed by atoms with Gasteiger partial charge in [-0.15, -0.1) is 0 Å². The largest absolute Gasteiger partial charge is 0.368 e. The molecule has 0 spiro atoms. The topological polar surface area (TPSA) is 115 Å². The van der Waals surface area contributed by atoms with E-state index in [-0.39, 0.29) is 18.9 Å². The lowest BCUT2D eigenvalue weighted by Crippen LogP contribution is -2.34. The number of hydrogen-bond donors (Lipinski definition) is 2. The zero-order valence-corrected chi connectivity index (χ0v) is 10.7. The molecule has 0 aliphatic rings. The highest BCUT2D eigenvalue weighted by Gasteiger charge is 2.14. The number of nitrogens with one attached hydrogen (secondary N) is 1. The van der Waals surface area contributed by atoms with Crippen molar-refractivity contribution in [3.05, 3.63) is 23.3 Å². The van der Waals surface area contributed by atoms with E-state index in [1.807, 2.05) is 6.92 Å². The fourth-order valence-corrected chi connectivity index (χ4v) is 1.82. The van der Waals surface area contributed by atoms with Crippen LogP contribution in [0, 0.1) is 13.8 Å². The van der Waals surface area contributed by atoms with Gasteiger partial charge in [-0.3, -0.25) is 9.59 Å². The molecular formula is C11H14N6O2. The maximum atomic E-state index is 11.7. The van der Waals surface area contributed by atoms with Crippen LogP contribution < -0.4 is 11.1 Å². The average molecular weight is 262 g/mol. The lowest BCUT2D eigenvalue weighted by Gasteiger charge is -2.10. The van der Waals surface area contributed by atoms with Gasteiger partial charge in [0.1, 0.15) is 6.33 Å². The Labute approximate surface area is 109 Å². The quantitative estimate of drug-likeness (QED) is 0.724. The third-order valence-electron chi connectivity index (χ3n) is 2.79. The first-order valence-corrected chi connectivity index (χ1v) is 5.70. The Morgan fingerprint density at radius 3 is 2.84 bits per heavy atom. The fourth-order valence-electron chi connectivity index (χ4n) is 1.82. The van der Waals surface area contributed by atoms with E-state index >= 15 is 0 Å². The number of aromatic nitrogens is 4. The first-order chi connectivity index (χ1) is 8.99. The van der Waals surface area contributed by atoms with Crippen molar-refractivity contribution in [3.63, 3.8) is 0 Å². The predicted molar refractivity (Wildman–Crippen MR) is 66.2 cm³/mol. The van der Waals surface area contributed by atoms with Crippen LogP contribution >= 0.6 is 0 Å². The second-order valence-corrected chi connectivity index (χ2v) is 4.15. The summed E-state index contributed by atoms with van der Waals surface area (Å²) in [6, 6.07) is 0. The molecule has 0 fully saturated rings. The highest BCUT2D eigenvalue weighted by Crippen LogP contribution is 2.13. The van der Waals surface area contributed by atoms with Crippen LogP contribution in [0.2, 0.25) is 0 Å². The van der Waals surface area contributed by atoms with E-state index in [4.69, 9.17) is 5.73 Å². The van der Waals surface area contributed by atoms with Crippen molar-refractivity contribution in [1.29, 1.82) is 0 Å². The van der Waals surface area contributed by atoms with Crippen molar-refractivity contribution < 1.29 is 9.59 Å². The standard InChI is InChI=1S/C11H14N6O2/c1-6-8(3-10(19)13-4-9(12)18)7(2)17-11(16-6)14-5-15-17/h5H,3-4H2,1-2H3,(H2,12,18)(H,13,19). The zero-order valence-electron chi connectivity index (χ0n) is 10.7. The second kappa shape index (κ2) is 5.01. The highest BCUT2D eigenvalue weighted by molar-refractivity contribution is 5.85. The number of aryl methyl sites for hydroxylation is 2. The smallest absolute Gasteiger partial charge is 0.252 e. The molecule has 0 aliphatic heterocycles. The van der Waals surface area contributed by atoms with Crippen molar-refractivity contribution >= 4 is 17.6 Å². The zero-order chi connectivity index (χ0) is 14.0. The number of hydrogen-bond acceptors (Lipinski definition) is 5. The number of nitrogens with zero attached hydrogens (tertiary/aromatic N) is 4. The molecule has 100 valence electrons. The van der Waals surface area contributed by atoms with Crippen LogP contribution in [0.3, 0.4) is 0 Å². The number of carbonyl (C=O) groups is 2. The van der Waals surface area contributed by atoms with Crippen LogP contribution in [0.25, 0.3) is 5.78 Å². The van der Waals surface area contributed by atoms with Crippen molar-refractivity contribution in [1.82, 2.24) is 24.9 Å². The van der Waals surface area contributed by atoms with Gasteiger partial charge >= 0.3 is 0 Å². The first kappa shape index (κ1) is 12.9. The van der Waals surface area contributed by atoms with Gasteiger partial charge in [-0.2, -0.15) is 10.1 Å². The molecule has 8 nitrogen and oxygen atoms in total. The summed E-state index contributed by atoms with van der Waals surface area (Å²) in [5.74, 6) is -0.366. The van der Waals surface area contributed by atoms with Gasteiger partial charge in [0.15, 0.2) is 0 Å². The van der Waals surface area contributed by atoms with Gasteiger partial charge in [0.25, 0.3) is 5.78 Å². The van der Waals surface area contributed by atoms with Gasteiger partial charge in [-0.25, -0.2) is 9.50 Å². The van der Waals surface area contributed by atoms with E-state index in [1.165, 1.54) is 6.33 Å². The van der Waals surface area contributed by atoms with Crippen LogP contribution in [0.1, 0.15) is 17.0 Å². The monoisotopic (exact) mass is 262 g/mol. The molecule has 0 aromatic carbocycles. The Balaban J connectivity index is 2.24. The summed E-state index contributed by atoms with van der Waals surface area (Å²) in [6.07, 6.45) is 1.53. The molecular weight excluding hydrogens is 248 g/mol. The number of fused-ring (bicyclic) bond motifs is 1. The molecule has 0 saturated carbocycles. The lowest BCUT2D eigenvalue weighted by atomic mass is 10.1. The molecule has 19 heavy (non-hydrogen) atoms. The summed E-state index contributed by atoms with van der Waals surface area (Å²) in [7, 11) is 0. The van der Waals surface area contributed by atoms with Crippen LogP contribution in [-0.2, 0) is 16.0 Å². The molecule has 8 heteroatoms. The van der Waals surface area contributed by atoms with Gasteiger partial charge < -0.3 is 11.1 Å². The van der Waals surface area contributed by atoms with Gasteiger partial charge in [0.2, 0.25) is 11.8 Å². The van der Waals surface area contributed by atoms with Gasteiger partial charge in [-0.1, -0.05) is 0 Å². The summed E-state index contributed by atoms with van der Waals surface area (Å²) in [4.78, 5) is 30.6. The molecule has 3 N–H and O–H groups in total. The number of nitrogens with two attached hydrogens (primary N) is 1. The van der Waals surface area contributed by atoms with Gasteiger partial charge in [0.05, 0.1) is 13.0 Å². The third kappa shape index (κ3) is 2.67. The van der Waals surface area contributed by atoms with Crippen molar-refractivity contribution in [3.8, 4) is 0 Å². The van der Waals surface area contributed by atoms with E-state index in [1.54, 1.807) is 11.4 Å². The molecule has 0 saturated heterocycles. The van der Waals surface area contributed by atoms with E-state index in [0.717, 1.165) is 11.3 Å². The minimum Gasteiger partial charge on any atom is -0.368 e. The van der Waals surface area contributed by atoms with E-state index in [0.29, 0.717) is 11.5 Å². The van der Waals surface area contributed by atoms with Crippen LogP contribution in [-0.4, -0.2) is 37.9 Å². The predicted octanol–water partition coefficient (Wildman–Crippen LogP) is -1.11. The van der Waals surface area contributed by atoms with Gasteiger partial charge in [-0.05, 0) is 13.8 Å². The van der Waals surface area contributed by atoms with Gasteiger partial charge in [0, 0.05) is 17.0 Å². The Bertz CT molecular complexity index is 648. The molecule has 2 heterocycles. The van der Waals surface area contributed by atoms with Crippen molar-refractivity contribution in [2.24, 2.45) is 5.73 Å². The molecule has 0 bridgehead atoms. The van der Waals surface area contributed by atoms with Crippen LogP contribution in [0.5, 0.6) is 0 Å². The van der Waals surface area contributed by atoms with Crippen LogP contribution in [0.4, 0.5) is 0 Å². The first-order valence-electron chi connectivity index (χ1n) is 5.70. The van der Waals surface area contributed by atoms with E-state index in [2.05, 4.69) is 20.4 Å². The molecule has 2 amide bonds. The number of carbonyl (C=O) groups excluding carboxylic acids is 2. The Hall–Kier alpha value is -2.51. The number of rotatable bonds is 4. The highest BCUT2D eigenvalue weighted by atomic mass is 16.2. The third-order valence-corrected chi connectivity index (χ3v) is 2.79. The Kier molecular flexibility index (Phi) is 3.41. The second-order valence-electron chi connectivity index (χ2n) is 4.15. The summed E-state index contributed by atoms with van der Waals surface area (Å²) in [5, 5.41) is 6.48. The Morgan fingerprint density at radius 2 is 2.16 bits per heavy atom. The summed E-state index contributed by atoms with van der Waals surface area (Å²) in [5.41, 5.74) is 7.25. The number of amides is 2. The Morgan fingerprint density at radius 1 is 1.42 bits per heavy atom.